The molecule has 0 radical (unpaired) electrons. The highest BCUT2D eigenvalue weighted by molar-refractivity contribution is 5.88. The van der Waals surface area contributed by atoms with E-state index in [-0.39, 0.29) is 18.8 Å². The molecule has 164 valence electrons. The Hall–Kier alpha value is -3.21. The molecule has 1 aliphatic rings. The Morgan fingerprint density at radius 3 is 2.20 bits per heavy atom. The molecule has 11 nitrogen and oxygen atoms in total. The monoisotopic (exact) mass is 425 g/mol. The first-order valence-corrected chi connectivity index (χ1v) is 9.17. The summed E-state index contributed by atoms with van der Waals surface area (Å²) in [5.74, 6) is -2.84. The summed E-state index contributed by atoms with van der Waals surface area (Å²) in [5, 5.41) is 0. The van der Waals surface area contributed by atoms with Gasteiger partial charge in [0.2, 0.25) is 0 Å². The Morgan fingerprint density at radius 2 is 1.63 bits per heavy atom. The van der Waals surface area contributed by atoms with Gasteiger partial charge in [-0.05, 0) is 19.1 Å². The molecular weight excluding hydrogens is 402 g/mol. The summed E-state index contributed by atoms with van der Waals surface area (Å²) in [6, 6.07) is 2.70. The number of ether oxygens (including phenoxy) is 5. The fraction of sp³-hybridized carbons (Fsp3) is 0.526. The SMILES string of the molecule is CCOC(=O)c1cccn([C@@H]2O[C@H](COC(C)=O)[C@@H](OC(C)=O)[C@H]2OC(C)=O)c1=O. The van der Waals surface area contributed by atoms with Gasteiger partial charge in [0.1, 0.15) is 18.3 Å². The van der Waals surface area contributed by atoms with Crippen LogP contribution in [0.4, 0.5) is 0 Å². The molecule has 0 N–H and O–H groups in total. The van der Waals surface area contributed by atoms with Crippen molar-refractivity contribution in [2.24, 2.45) is 0 Å². The number of carbonyl (C=O) groups excluding carboxylic acids is 4. The standard InChI is InChI=1S/C19H23NO10/c1-5-26-19(25)13-7-6-8-20(17(13)24)18-16(29-12(4)23)15(28-11(3)22)14(30-18)9-27-10(2)21/h6-8,14-16,18H,5,9H2,1-4H3/t14-,15-,16-,18-/m1/s1. The molecule has 2 rings (SSSR count). The third kappa shape index (κ3) is 5.44. The van der Waals surface area contributed by atoms with Crippen molar-refractivity contribution in [2.45, 2.75) is 52.2 Å². The molecule has 30 heavy (non-hydrogen) atoms. The molecule has 0 aliphatic carbocycles. The Morgan fingerprint density at radius 1 is 1.00 bits per heavy atom. The van der Waals surface area contributed by atoms with Gasteiger partial charge in [-0.25, -0.2) is 4.79 Å². The van der Waals surface area contributed by atoms with E-state index < -0.39 is 54.0 Å². The maximum atomic E-state index is 12.9. The third-order valence-corrected chi connectivity index (χ3v) is 4.08. The van der Waals surface area contributed by atoms with Crippen molar-refractivity contribution in [3.8, 4) is 0 Å². The van der Waals surface area contributed by atoms with Crippen LogP contribution in [0.15, 0.2) is 23.1 Å². The van der Waals surface area contributed by atoms with Gasteiger partial charge >= 0.3 is 23.9 Å². The topological polar surface area (TPSA) is 136 Å². The summed E-state index contributed by atoms with van der Waals surface area (Å²) in [5.41, 5.74) is -1.01. The lowest BCUT2D eigenvalue weighted by atomic mass is 10.1. The van der Waals surface area contributed by atoms with Gasteiger partial charge in [0.15, 0.2) is 18.4 Å². The average molecular weight is 425 g/mol. The molecule has 1 aromatic heterocycles. The van der Waals surface area contributed by atoms with Crippen LogP contribution in [0.1, 0.15) is 44.3 Å². The van der Waals surface area contributed by atoms with Crippen LogP contribution >= 0.6 is 0 Å². The van der Waals surface area contributed by atoms with Crippen molar-refractivity contribution in [1.29, 1.82) is 0 Å². The fourth-order valence-electron chi connectivity index (χ4n) is 2.99. The molecule has 1 aliphatic heterocycles. The lowest BCUT2D eigenvalue weighted by Gasteiger charge is -2.24. The predicted octanol–water partition coefficient (Wildman–Crippen LogP) is 0.349. The largest absolute Gasteiger partial charge is 0.463 e. The molecule has 1 aromatic rings. The smallest absolute Gasteiger partial charge is 0.343 e. The Balaban J connectivity index is 2.48. The van der Waals surface area contributed by atoms with Crippen LogP contribution in [-0.2, 0) is 38.1 Å². The zero-order valence-electron chi connectivity index (χ0n) is 17.0. The lowest BCUT2D eigenvalue weighted by molar-refractivity contribution is -0.166. The summed E-state index contributed by atoms with van der Waals surface area (Å²) in [6.45, 7) is 4.83. The van der Waals surface area contributed by atoms with Crippen LogP contribution in [-0.4, -0.2) is 60.0 Å². The van der Waals surface area contributed by atoms with E-state index in [9.17, 15) is 24.0 Å². The van der Waals surface area contributed by atoms with Gasteiger partial charge in [0.05, 0.1) is 6.61 Å². The second-order valence-electron chi connectivity index (χ2n) is 6.37. The van der Waals surface area contributed by atoms with Crippen molar-refractivity contribution >= 4 is 23.9 Å². The van der Waals surface area contributed by atoms with Gasteiger partial charge in [0, 0.05) is 27.0 Å². The minimum Gasteiger partial charge on any atom is -0.463 e. The van der Waals surface area contributed by atoms with E-state index in [0.29, 0.717) is 0 Å². The Kier molecular flexibility index (Phi) is 7.70. The first-order valence-electron chi connectivity index (χ1n) is 9.17. The van der Waals surface area contributed by atoms with Crippen molar-refractivity contribution in [3.63, 3.8) is 0 Å². The highest BCUT2D eigenvalue weighted by Crippen LogP contribution is 2.33. The highest BCUT2D eigenvalue weighted by Gasteiger charge is 2.51. The summed E-state index contributed by atoms with van der Waals surface area (Å²) < 4.78 is 27.1. The molecule has 1 fully saturated rings. The predicted molar refractivity (Wildman–Crippen MR) is 98.3 cm³/mol. The summed E-state index contributed by atoms with van der Waals surface area (Å²) >= 11 is 0. The second kappa shape index (κ2) is 10.0. The summed E-state index contributed by atoms with van der Waals surface area (Å²) in [4.78, 5) is 59.4. The molecule has 0 aromatic carbocycles. The highest BCUT2D eigenvalue weighted by atomic mass is 16.7. The van der Waals surface area contributed by atoms with E-state index in [1.165, 1.54) is 25.3 Å². The molecule has 11 heteroatoms. The van der Waals surface area contributed by atoms with Gasteiger partial charge in [-0.1, -0.05) is 0 Å². The van der Waals surface area contributed by atoms with Crippen LogP contribution in [0.5, 0.6) is 0 Å². The van der Waals surface area contributed by atoms with Gasteiger partial charge in [0.25, 0.3) is 5.56 Å². The molecule has 0 spiro atoms. The minimum atomic E-state index is -1.25. The zero-order valence-corrected chi connectivity index (χ0v) is 17.0. The van der Waals surface area contributed by atoms with E-state index in [4.69, 9.17) is 23.7 Å². The molecule has 0 saturated carbocycles. The molecule has 0 unspecified atom stereocenters. The molecule has 0 bridgehead atoms. The number of hydrogen-bond acceptors (Lipinski definition) is 10. The van der Waals surface area contributed by atoms with Crippen LogP contribution in [0.2, 0.25) is 0 Å². The number of carbonyl (C=O) groups is 4. The normalized spacial score (nSPS) is 22.8. The molecule has 0 amide bonds. The summed E-state index contributed by atoms with van der Waals surface area (Å²) in [7, 11) is 0. The van der Waals surface area contributed by atoms with E-state index in [1.54, 1.807) is 6.92 Å². The zero-order chi connectivity index (χ0) is 22.4. The van der Waals surface area contributed by atoms with Gasteiger partial charge in [-0.2, -0.15) is 0 Å². The van der Waals surface area contributed by atoms with E-state index in [1.807, 2.05) is 0 Å². The second-order valence-corrected chi connectivity index (χ2v) is 6.37. The number of pyridine rings is 1. The number of nitrogens with zero attached hydrogens (tertiary/aromatic N) is 1. The quantitative estimate of drug-likeness (QED) is 0.444. The molecule has 2 heterocycles. The van der Waals surface area contributed by atoms with E-state index in [0.717, 1.165) is 18.4 Å². The van der Waals surface area contributed by atoms with Crippen molar-refractivity contribution in [1.82, 2.24) is 4.57 Å². The van der Waals surface area contributed by atoms with Gasteiger partial charge in [-0.15, -0.1) is 0 Å². The number of hydrogen-bond donors (Lipinski definition) is 0. The number of aromatic nitrogens is 1. The van der Waals surface area contributed by atoms with E-state index >= 15 is 0 Å². The maximum Gasteiger partial charge on any atom is 0.343 e. The van der Waals surface area contributed by atoms with Crippen LogP contribution in [0, 0.1) is 0 Å². The first kappa shape index (κ1) is 23.1. The Labute approximate surface area is 171 Å². The van der Waals surface area contributed by atoms with Crippen molar-refractivity contribution in [3.05, 3.63) is 34.2 Å². The number of esters is 4. The van der Waals surface area contributed by atoms with Crippen molar-refractivity contribution < 1.29 is 42.9 Å². The van der Waals surface area contributed by atoms with Gasteiger partial charge in [-0.3, -0.25) is 23.7 Å². The average Bonchev–Trinajstić information content (AvgIpc) is 2.96. The van der Waals surface area contributed by atoms with Crippen LogP contribution in [0.3, 0.4) is 0 Å². The first-order chi connectivity index (χ1) is 14.1. The summed E-state index contributed by atoms with van der Waals surface area (Å²) in [6.07, 6.45) is -3.34. The van der Waals surface area contributed by atoms with Gasteiger partial charge < -0.3 is 23.7 Å². The lowest BCUT2D eigenvalue weighted by Crippen LogP contribution is -2.42. The minimum absolute atomic E-state index is 0.0716. The fourth-order valence-corrected chi connectivity index (χ4v) is 2.99. The Bertz CT molecular complexity index is 876. The number of rotatable bonds is 7. The molecule has 1 saturated heterocycles. The van der Waals surface area contributed by atoms with Crippen molar-refractivity contribution in [2.75, 3.05) is 13.2 Å². The van der Waals surface area contributed by atoms with Crippen LogP contribution < -0.4 is 5.56 Å². The molecular formula is C19H23NO10. The maximum absolute atomic E-state index is 12.9. The van der Waals surface area contributed by atoms with Crippen LogP contribution in [0.25, 0.3) is 0 Å². The molecule has 4 atom stereocenters. The third-order valence-electron chi connectivity index (χ3n) is 4.08. The van der Waals surface area contributed by atoms with E-state index in [2.05, 4.69) is 0 Å².